The van der Waals surface area contributed by atoms with Crippen LogP contribution in [0.5, 0.6) is 0 Å². The Morgan fingerprint density at radius 3 is 2.32 bits per heavy atom. The zero-order valence-electron chi connectivity index (χ0n) is 11.7. The zero-order valence-corrected chi connectivity index (χ0v) is 11.7. The minimum atomic E-state index is 0.613. The Kier molecular flexibility index (Phi) is 3.67. The molecule has 1 aromatic heterocycles. The van der Waals surface area contributed by atoms with Crippen LogP contribution in [0.15, 0.2) is 36.7 Å². The maximum absolute atomic E-state index is 4.60. The molecule has 0 bridgehead atoms. The molecule has 1 aliphatic carbocycles. The maximum atomic E-state index is 4.60. The molecule has 0 unspecified atom stereocenters. The SMILES string of the molecule is Cc1ccc(-c2cnn(C3CCCCCC3)c2)cc1. The third-order valence-corrected chi connectivity index (χ3v) is 4.19. The van der Waals surface area contributed by atoms with Crippen LogP contribution in [0.25, 0.3) is 11.1 Å². The number of aryl methyl sites for hydroxylation is 1. The highest BCUT2D eigenvalue weighted by Gasteiger charge is 2.15. The summed E-state index contributed by atoms with van der Waals surface area (Å²) in [5, 5.41) is 4.60. The Labute approximate surface area is 115 Å². The van der Waals surface area contributed by atoms with Crippen molar-refractivity contribution in [2.75, 3.05) is 0 Å². The summed E-state index contributed by atoms with van der Waals surface area (Å²) in [5.41, 5.74) is 3.81. The Morgan fingerprint density at radius 2 is 1.63 bits per heavy atom. The monoisotopic (exact) mass is 254 g/mol. The molecule has 0 amide bonds. The second-order valence-electron chi connectivity index (χ2n) is 5.72. The van der Waals surface area contributed by atoms with Gasteiger partial charge in [0.25, 0.3) is 0 Å². The molecule has 1 fully saturated rings. The molecule has 0 radical (unpaired) electrons. The lowest BCUT2D eigenvalue weighted by molar-refractivity contribution is 0.405. The quantitative estimate of drug-likeness (QED) is 0.707. The molecule has 0 aliphatic heterocycles. The average molecular weight is 254 g/mol. The van der Waals surface area contributed by atoms with E-state index in [9.17, 15) is 0 Å². The van der Waals surface area contributed by atoms with Crippen molar-refractivity contribution in [2.24, 2.45) is 0 Å². The highest BCUT2D eigenvalue weighted by atomic mass is 15.3. The normalized spacial score (nSPS) is 17.3. The number of nitrogens with zero attached hydrogens (tertiary/aromatic N) is 2. The van der Waals surface area contributed by atoms with Gasteiger partial charge in [-0.15, -0.1) is 0 Å². The van der Waals surface area contributed by atoms with Crippen LogP contribution < -0.4 is 0 Å². The molecule has 0 spiro atoms. The number of benzene rings is 1. The smallest absolute Gasteiger partial charge is 0.0568 e. The van der Waals surface area contributed by atoms with Gasteiger partial charge in [0.2, 0.25) is 0 Å². The maximum Gasteiger partial charge on any atom is 0.0568 e. The van der Waals surface area contributed by atoms with Gasteiger partial charge in [-0.05, 0) is 25.3 Å². The lowest BCUT2D eigenvalue weighted by Gasteiger charge is -2.14. The molecule has 0 saturated heterocycles. The van der Waals surface area contributed by atoms with Gasteiger partial charge in [-0.25, -0.2) is 0 Å². The van der Waals surface area contributed by atoms with Crippen molar-refractivity contribution >= 4 is 0 Å². The van der Waals surface area contributed by atoms with Gasteiger partial charge in [0.15, 0.2) is 0 Å². The second kappa shape index (κ2) is 5.60. The molecular formula is C17H22N2. The van der Waals surface area contributed by atoms with Gasteiger partial charge >= 0.3 is 0 Å². The Bertz CT molecular complexity index is 516. The van der Waals surface area contributed by atoms with E-state index < -0.39 is 0 Å². The van der Waals surface area contributed by atoms with E-state index in [0.29, 0.717) is 6.04 Å². The highest BCUT2D eigenvalue weighted by Crippen LogP contribution is 2.28. The summed E-state index contributed by atoms with van der Waals surface area (Å²) in [4.78, 5) is 0. The predicted molar refractivity (Wildman–Crippen MR) is 79.1 cm³/mol. The first-order chi connectivity index (χ1) is 9.33. The van der Waals surface area contributed by atoms with E-state index in [1.807, 2.05) is 6.20 Å². The van der Waals surface area contributed by atoms with Gasteiger partial charge in [-0.1, -0.05) is 55.5 Å². The molecule has 1 heterocycles. The standard InChI is InChI=1S/C17H22N2/c1-14-8-10-15(11-9-14)16-12-18-19(13-16)17-6-4-2-3-5-7-17/h8-13,17H,2-7H2,1H3. The van der Waals surface area contributed by atoms with Crippen LogP contribution in [0.2, 0.25) is 0 Å². The van der Waals surface area contributed by atoms with E-state index in [4.69, 9.17) is 0 Å². The van der Waals surface area contributed by atoms with Crippen molar-refractivity contribution in [1.29, 1.82) is 0 Å². The molecule has 1 aromatic carbocycles. The average Bonchev–Trinajstić information content (AvgIpc) is 2.76. The van der Waals surface area contributed by atoms with E-state index in [1.165, 1.54) is 55.2 Å². The zero-order chi connectivity index (χ0) is 13.1. The Hall–Kier alpha value is -1.57. The summed E-state index contributed by atoms with van der Waals surface area (Å²) >= 11 is 0. The van der Waals surface area contributed by atoms with Gasteiger partial charge in [0.05, 0.1) is 12.2 Å². The summed E-state index contributed by atoms with van der Waals surface area (Å²) in [6, 6.07) is 9.31. The van der Waals surface area contributed by atoms with Crippen molar-refractivity contribution in [3.8, 4) is 11.1 Å². The third kappa shape index (κ3) is 2.89. The fraction of sp³-hybridized carbons (Fsp3) is 0.471. The number of rotatable bonds is 2. The summed E-state index contributed by atoms with van der Waals surface area (Å²) in [6.07, 6.45) is 12.3. The van der Waals surface area contributed by atoms with Gasteiger partial charge in [0, 0.05) is 11.8 Å². The van der Waals surface area contributed by atoms with E-state index in [2.05, 4.69) is 47.2 Å². The van der Waals surface area contributed by atoms with E-state index in [-0.39, 0.29) is 0 Å². The largest absolute Gasteiger partial charge is 0.269 e. The molecule has 1 aliphatic rings. The van der Waals surface area contributed by atoms with Crippen molar-refractivity contribution in [1.82, 2.24) is 9.78 Å². The molecule has 0 atom stereocenters. The molecule has 19 heavy (non-hydrogen) atoms. The van der Waals surface area contributed by atoms with Crippen molar-refractivity contribution in [2.45, 2.75) is 51.5 Å². The van der Waals surface area contributed by atoms with Gasteiger partial charge < -0.3 is 0 Å². The summed E-state index contributed by atoms with van der Waals surface area (Å²) < 4.78 is 2.19. The molecule has 0 N–H and O–H groups in total. The summed E-state index contributed by atoms with van der Waals surface area (Å²) in [6.45, 7) is 2.12. The summed E-state index contributed by atoms with van der Waals surface area (Å²) in [5.74, 6) is 0. The Morgan fingerprint density at radius 1 is 0.947 bits per heavy atom. The number of aromatic nitrogens is 2. The topological polar surface area (TPSA) is 17.8 Å². The minimum absolute atomic E-state index is 0.613. The third-order valence-electron chi connectivity index (χ3n) is 4.19. The van der Waals surface area contributed by atoms with Crippen LogP contribution in [0, 0.1) is 6.92 Å². The summed E-state index contributed by atoms with van der Waals surface area (Å²) in [7, 11) is 0. The van der Waals surface area contributed by atoms with E-state index in [1.54, 1.807) is 0 Å². The lowest BCUT2D eigenvalue weighted by atomic mass is 10.1. The molecule has 100 valence electrons. The fourth-order valence-corrected chi connectivity index (χ4v) is 2.96. The predicted octanol–water partition coefficient (Wildman–Crippen LogP) is 4.75. The fourth-order valence-electron chi connectivity index (χ4n) is 2.96. The minimum Gasteiger partial charge on any atom is -0.269 e. The first-order valence-corrected chi connectivity index (χ1v) is 7.44. The Balaban J connectivity index is 1.80. The van der Waals surface area contributed by atoms with E-state index in [0.717, 1.165) is 0 Å². The second-order valence-corrected chi connectivity index (χ2v) is 5.72. The van der Waals surface area contributed by atoms with Crippen LogP contribution in [-0.4, -0.2) is 9.78 Å². The highest BCUT2D eigenvalue weighted by molar-refractivity contribution is 5.61. The van der Waals surface area contributed by atoms with Crippen molar-refractivity contribution in [3.05, 3.63) is 42.2 Å². The van der Waals surface area contributed by atoms with Crippen molar-refractivity contribution < 1.29 is 0 Å². The van der Waals surface area contributed by atoms with Crippen LogP contribution in [0.3, 0.4) is 0 Å². The molecule has 2 aromatic rings. The number of hydrogen-bond acceptors (Lipinski definition) is 1. The molecule has 2 heteroatoms. The molecular weight excluding hydrogens is 232 g/mol. The van der Waals surface area contributed by atoms with E-state index >= 15 is 0 Å². The first kappa shape index (κ1) is 12.5. The first-order valence-electron chi connectivity index (χ1n) is 7.44. The molecule has 3 rings (SSSR count). The molecule has 1 saturated carbocycles. The lowest BCUT2D eigenvalue weighted by Crippen LogP contribution is -2.08. The molecule has 2 nitrogen and oxygen atoms in total. The van der Waals surface area contributed by atoms with Crippen LogP contribution in [-0.2, 0) is 0 Å². The van der Waals surface area contributed by atoms with Crippen LogP contribution >= 0.6 is 0 Å². The van der Waals surface area contributed by atoms with Gasteiger partial charge in [-0.2, -0.15) is 5.10 Å². The van der Waals surface area contributed by atoms with Gasteiger partial charge in [0.1, 0.15) is 0 Å². The van der Waals surface area contributed by atoms with Crippen LogP contribution in [0.1, 0.15) is 50.1 Å². The number of hydrogen-bond donors (Lipinski definition) is 0. The van der Waals surface area contributed by atoms with Crippen molar-refractivity contribution in [3.63, 3.8) is 0 Å². The van der Waals surface area contributed by atoms with Gasteiger partial charge in [-0.3, -0.25) is 4.68 Å². The van der Waals surface area contributed by atoms with Crippen LogP contribution in [0.4, 0.5) is 0 Å².